The predicted molar refractivity (Wildman–Crippen MR) is 89.6 cm³/mol. The summed E-state index contributed by atoms with van der Waals surface area (Å²) in [4.78, 5) is 2.24. The van der Waals surface area contributed by atoms with Crippen LogP contribution >= 0.6 is 39.1 Å². The van der Waals surface area contributed by atoms with Gasteiger partial charge in [-0.15, -0.1) is 0 Å². The van der Waals surface area contributed by atoms with E-state index >= 15 is 0 Å². The number of sulfonamides is 1. The van der Waals surface area contributed by atoms with Crippen LogP contribution in [-0.2, 0) is 10.0 Å². The van der Waals surface area contributed by atoms with Crippen LogP contribution in [0.15, 0.2) is 21.5 Å². The highest BCUT2D eigenvalue weighted by Gasteiger charge is 2.32. The van der Waals surface area contributed by atoms with Crippen molar-refractivity contribution >= 4 is 49.2 Å². The second kappa shape index (κ2) is 6.72. The summed E-state index contributed by atoms with van der Waals surface area (Å²) in [6.07, 6.45) is 0. The number of benzene rings is 1. The summed E-state index contributed by atoms with van der Waals surface area (Å²) in [5.41, 5.74) is 0. The van der Waals surface area contributed by atoms with E-state index in [1.807, 2.05) is 0 Å². The van der Waals surface area contributed by atoms with E-state index in [2.05, 4.69) is 34.7 Å². The van der Waals surface area contributed by atoms with E-state index in [0.29, 0.717) is 36.7 Å². The molecule has 0 atom stereocenters. The molecule has 21 heavy (non-hydrogen) atoms. The molecule has 1 fully saturated rings. The molecule has 1 saturated heterocycles. The second-order valence-electron chi connectivity index (χ2n) is 5.23. The van der Waals surface area contributed by atoms with Crippen LogP contribution < -0.4 is 0 Å². The van der Waals surface area contributed by atoms with Crippen LogP contribution in [0.25, 0.3) is 0 Å². The first-order valence-corrected chi connectivity index (χ1v) is 9.61. The zero-order valence-corrected chi connectivity index (χ0v) is 15.7. The maximum absolute atomic E-state index is 12.7. The van der Waals surface area contributed by atoms with Crippen LogP contribution in [0, 0.1) is 0 Å². The molecule has 1 aliphatic heterocycles. The Morgan fingerprint density at radius 1 is 1.10 bits per heavy atom. The minimum absolute atomic E-state index is 0.00738. The summed E-state index contributed by atoms with van der Waals surface area (Å²) in [6, 6.07) is 3.50. The number of nitrogens with zero attached hydrogens (tertiary/aromatic N) is 2. The van der Waals surface area contributed by atoms with Crippen molar-refractivity contribution in [3.63, 3.8) is 0 Å². The maximum Gasteiger partial charge on any atom is 0.246 e. The van der Waals surface area contributed by atoms with Gasteiger partial charge in [-0.2, -0.15) is 4.31 Å². The fraction of sp³-hybridized carbons (Fsp3) is 0.538. The van der Waals surface area contributed by atoms with Gasteiger partial charge in [0, 0.05) is 36.7 Å². The largest absolute Gasteiger partial charge is 0.298 e. The molecule has 8 heteroatoms. The second-order valence-corrected chi connectivity index (χ2v) is 8.84. The molecule has 1 aromatic rings. The van der Waals surface area contributed by atoms with Crippen LogP contribution in [0.4, 0.5) is 0 Å². The first-order valence-electron chi connectivity index (χ1n) is 6.62. The van der Waals surface area contributed by atoms with Crippen molar-refractivity contribution in [2.75, 3.05) is 26.2 Å². The van der Waals surface area contributed by atoms with Gasteiger partial charge in [-0.05, 0) is 26.0 Å². The van der Waals surface area contributed by atoms with E-state index in [9.17, 15) is 8.42 Å². The minimum Gasteiger partial charge on any atom is -0.298 e. The molecular formula is C13H17BrCl2N2O2S. The fourth-order valence-corrected chi connectivity index (χ4v) is 5.67. The highest BCUT2D eigenvalue weighted by Crippen LogP contribution is 2.35. The summed E-state index contributed by atoms with van der Waals surface area (Å²) in [5, 5.41) is 0.279. The molecule has 0 amide bonds. The number of piperazine rings is 1. The summed E-state index contributed by atoms with van der Waals surface area (Å²) >= 11 is 15.4. The third-order valence-corrected chi connectivity index (χ3v) is 6.84. The number of rotatable bonds is 3. The molecule has 1 aromatic carbocycles. The Kier molecular flexibility index (Phi) is 5.60. The predicted octanol–water partition coefficient (Wildman–Crippen LogP) is 3.47. The van der Waals surface area contributed by atoms with Gasteiger partial charge in [0.2, 0.25) is 10.0 Å². The van der Waals surface area contributed by atoms with E-state index in [1.54, 1.807) is 12.1 Å². The van der Waals surface area contributed by atoms with E-state index in [0.717, 1.165) is 0 Å². The van der Waals surface area contributed by atoms with Crippen LogP contribution in [0.3, 0.4) is 0 Å². The number of hydrogen-bond acceptors (Lipinski definition) is 3. The van der Waals surface area contributed by atoms with Crippen molar-refractivity contribution in [1.29, 1.82) is 0 Å². The van der Waals surface area contributed by atoms with Crippen molar-refractivity contribution < 1.29 is 8.42 Å². The molecule has 1 aliphatic rings. The van der Waals surface area contributed by atoms with Gasteiger partial charge >= 0.3 is 0 Å². The number of halogens is 3. The van der Waals surface area contributed by atoms with Gasteiger partial charge < -0.3 is 0 Å². The Balaban J connectivity index is 2.28. The quantitative estimate of drug-likeness (QED) is 0.758. The zero-order valence-electron chi connectivity index (χ0n) is 11.8. The van der Waals surface area contributed by atoms with E-state index < -0.39 is 10.0 Å². The SMILES string of the molecule is CC(C)N1CCN(S(=O)(=O)c2c(Cl)cc(Br)cc2Cl)CC1. The van der Waals surface area contributed by atoms with Crippen molar-refractivity contribution in [2.45, 2.75) is 24.8 Å². The molecule has 0 spiro atoms. The van der Waals surface area contributed by atoms with Crippen molar-refractivity contribution in [3.8, 4) is 0 Å². The Hall–Kier alpha value is 0.150. The van der Waals surface area contributed by atoms with E-state index in [1.165, 1.54) is 4.31 Å². The van der Waals surface area contributed by atoms with Crippen LogP contribution in [-0.4, -0.2) is 49.8 Å². The molecule has 0 N–H and O–H groups in total. The molecule has 0 aliphatic carbocycles. The monoisotopic (exact) mass is 414 g/mol. The molecule has 0 saturated carbocycles. The lowest BCUT2D eigenvalue weighted by molar-refractivity contribution is 0.154. The van der Waals surface area contributed by atoms with Crippen molar-refractivity contribution in [3.05, 3.63) is 26.7 Å². The van der Waals surface area contributed by atoms with E-state index in [-0.39, 0.29) is 14.9 Å². The Morgan fingerprint density at radius 3 is 2.00 bits per heavy atom. The third kappa shape index (κ3) is 3.74. The highest BCUT2D eigenvalue weighted by atomic mass is 79.9. The molecule has 4 nitrogen and oxygen atoms in total. The lowest BCUT2D eigenvalue weighted by Crippen LogP contribution is -2.50. The van der Waals surface area contributed by atoms with Crippen LogP contribution in [0.1, 0.15) is 13.8 Å². The molecule has 0 unspecified atom stereocenters. The molecule has 0 radical (unpaired) electrons. The van der Waals surface area contributed by atoms with Crippen molar-refractivity contribution in [1.82, 2.24) is 9.21 Å². The average Bonchev–Trinajstić information content (AvgIpc) is 2.37. The van der Waals surface area contributed by atoms with Gasteiger partial charge in [0.15, 0.2) is 0 Å². The van der Waals surface area contributed by atoms with E-state index in [4.69, 9.17) is 23.2 Å². The third-order valence-electron chi connectivity index (χ3n) is 3.56. The van der Waals surface area contributed by atoms with Gasteiger partial charge in [-0.1, -0.05) is 39.1 Å². The summed E-state index contributed by atoms with van der Waals surface area (Å²) in [5.74, 6) is 0. The maximum atomic E-state index is 12.7. The Bertz CT molecular complexity index is 606. The highest BCUT2D eigenvalue weighted by molar-refractivity contribution is 9.10. The molecule has 0 aromatic heterocycles. The summed E-state index contributed by atoms with van der Waals surface area (Å²) in [7, 11) is -3.67. The van der Waals surface area contributed by atoms with Crippen LogP contribution in [0.5, 0.6) is 0 Å². The molecular weight excluding hydrogens is 399 g/mol. The topological polar surface area (TPSA) is 40.6 Å². The molecule has 0 bridgehead atoms. The lowest BCUT2D eigenvalue weighted by atomic mass is 10.3. The van der Waals surface area contributed by atoms with Gasteiger partial charge in [-0.3, -0.25) is 4.90 Å². The summed E-state index contributed by atoms with van der Waals surface area (Å²) in [6.45, 7) is 6.52. The van der Waals surface area contributed by atoms with Crippen molar-refractivity contribution in [2.24, 2.45) is 0 Å². The fourth-order valence-electron chi connectivity index (χ4n) is 2.36. The minimum atomic E-state index is -3.67. The molecule has 118 valence electrons. The summed E-state index contributed by atoms with van der Waals surface area (Å²) < 4.78 is 27.6. The van der Waals surface area contributed by atoms with Gasteiger partial charge in [0.25, 0.3) is 0 Å². The molecule has 2 rings (SSSR count). The molecule has 1 heterocycles. The number of hydrogen-bond donors (Lipinski definition) is 0. The average molecular weight is 416 g/mol. The smallest absolute Gasteiger partial charge is 0.246 e. The Labute approximate surface area is 144 Å². The van der Waals surface area contributed by atoms with Gasteiger partial charge in [0.05, 0.1) is 10.0 Å². The standard InChI is InChI=1S/C13H17BrCl2N2O2S/c1-9(2)17-3-5-18(6-4-17)21(19,20)13-11(15)7-10(14)8-12(13)16/h7-9H,3-6H2,1-2H3. The first kappa shape index (κ1) is 17.5. The van der Waals surface area contributed by atoms with Gasteiger partial charge in [0.1, 0.15) is 4.90 Å². The van der Waals surface area contributed by atoms with Crippen LogP contribution in [0.2, 0.25) is 10.0 Å². The van der Waals surface area contributed by atoms with Gasteiger partial charge in [-0.25, -0.2) is 8.42 Å². The Morgan fingerprint density at radius 2 is 1.57 bits per heavy atom. The zero-order chi connectivity index (χ0) is 15.8. The normalized spacial score (nSPS) is 18.4. The first-order chi connectivity index (χ1) is 9.73. The lowest BCUT2D eigenvalue weighted by Gasteiger charge is -2.36.